The lowest BCUT2D eigenvalue weighted by Crippen LogP contribution is -2.37. The molecular formula is C64H119F3O. The standard InChI is InChI=1S/C9H16.C8H16O.C8H14.C7H12F2.C7H13F.C7H14.C7H12.C6H12.C5H10/c1-8(2)7-9-5-3-4-6-9;1-7(2)6-8(9)4-3-5-8;1-8(2)5-7(8)6-3-4-6;1-5(2)3-6-4-7(6,8)9;1-6(2)5-7(8)3-4-7;2*1-4-6-5-7(6,2)3;1-5-4-6(5,2)3;1-5(2)3-4-5/h3,5,8-9H,4,6-7H2,1-2H3;7,9H,3-6H2,1-2H3;6-7H,3-5H2,1-2H3;5-6H,3-4H2,1-2H3;6H,3-5H2,1-2H3;6H,4-5H2,1-3H3;4,6H,1,5H2,2-3H3;5H,4H2,1-3H3;3-4H2,1-2H3. The average molecular weight is 962 g/mol. The fourth-order valence-electron chi connectivity index (χ4n) is 10.2. The van der Waals surface area contributed by atoms with E-state index >= 15 is 0 Å². The first-order valence-electron chi connectivity index (χ1n) is 29.0. The zero-order valence-electron chi connectivity index (χ0n) is 49.2. The van der Waals surface area contributed by atoms with Gasteiger partial charge in [0.05, 0.1) is 5.60 Å². The maximum absolute atomic E-state index is 12.8. The Hall–Kier alpha value is -0.770. The summed E-state index contributed by atoms with van der Waals surface area (Å²) in [7, 11) is 0. The van der Waals surface area contributed by atoms with Crippen molar-refractivity contribution in [3.8, 4) is 0 Å². The summed E-state index contributed by atoms with van der Waals surface area (Å²) < 4.78 is 37.1. The number of allylic oxidation sites excluding steroid dienone is 3. The van der Waals surface area contributed by atoms with Gasteiger partial charge in [-0.05, 0) is 208 Å². The molecule has 0 aliphatic heterocycles. The Bertz CT molecular complexity index is 1460. The molecule has 10 aliphatic rings. The minimum Gasteiger partial charge on any atom is -0.390 e. The zero-order chi connectivity index (χ0) is 52.3. The van der Waals surface area contributed by atoms with Gasteiger partial charge in [-0.25, -0.2) is 13.2 Å². The molecule has 9 fully saturated rings. The van der Waals surface area contributed by atoms with E-state index in [-0.39, 0.29) is 17.9 Å². The van der Waals surface area contributed by atoms with E-state index in [9.17, 15) is 18.3 Å². The van der Waals surface area contributed by atoms with Gasteiger partial charge in [-0.1, -0.05) is 163 Å². The quantitative estimate of drug-likeness (QED) is 0.205. The summed E-state index contributed by atoms with van der Waals surface area (Å²) in [5.74, 6) is 5.93. The van der Waals surface area contributed by atoms with Gasteiger partial charge in [-0.3, -0.25) is 0 Å². The number of aliphatic hydroxyl groups is 1. The molecule has 6 atom stereocenters. The molecule has 0 saturated heterocycles. The van der Waals surface area contributed by atoms with E-state index in [0.717, 1.165) is 96.2 Å². The molecule has 0 amide bonds. The average Bonchev–Trinajstić information content (AvgIpc) is 3.88. The molecule has 9 saturated carbocycles. The highest BCUT2D eigenvalue weighted by Crippen LogP contribution is 2.62. The van der Waals surface area contributed by atoms with Crippen molar-refractivity contribution in [3.05, 3.63) is 24.8 Å². The van der Waals surface area contributed by atoms with Crippen LogP contribution in [0, 0.1) is 92.2 Å². The van der Waals surface area contributed by atoms with Gasteiger partial charge in [-0.2, -0.15) is 0 Å². The third-order valence-corrected chi connectivity index (χ3v) is 17.4. The molecule has 4 heteroatoms. The van der Waals surface area contributed by atoms with Gasteiger partial charge in [0, 0.05) is 12.3 Å². The van der Waals surface area contributed by atoms with E-state index in [4.69, 9.17) is 0 Å². The number of hydrogen-bond donors (Lipinski definition) is 1. The molecule has 1 nitrogen and oxygen atoms in total. The summed E-state index contributed by atoms with van der Waals surface area (Å²) in [5.41, 5.74) is 2.54. The summed E-state index contributed by atoms with van der Waals surface area (Å²) in [6.07, 6.45) is 31.5. The van der Waals surface area contributed by atoms with Gasteiger partial charge in [0.25, 0.3) is 5.92 Å². The fraction of sp³-hybridized carbons (Fsp3) is 0.938. The van der Waals surface area contributed by atoms with Crippen molar-refractivity contribution < 1.29 is 18.3 Å². The van der Waals surface area contributed by atoms with E-state index in [1.54, 1.807) is 0 Å². The zero-order valence-corrected chi connectivity index (χ0v) is 49.2. The smallest absolute Gasteiger partial charge is 0.251 e. The van der Waals surface area contributed by atoms with Gasteiger partial charge in [0.1, 0.15) is 5.67 Å². The van der Waals surface area contributed by atoms with Gasteiger partial charge < -0.3 is 5.11 Å². The fourth-order valence-corrected chi connectivity index (χ4v) is 10.2. The second kappa shape index (κ2) is 25.9. The van der Waals surface area contributed by atoms with Crippen LogP contribution in [-0.2, 0) is 0 Å². The predicted molar refractivity (Wildman–Crippen MR) is 294 cm³/mol. The highest BCUT2D eigenvalue weighted by atomic mass is 19.3. The van der Waals surface area contributed by atoms with Crippen LogP contribution < -0.4 is 0 Å². The Balaban J connectivity index is 0.000000264. The summed E-state index contributed by atoms with van der Waals surface area (Å²) in [6, 6.07) is 0. The maximum atomic E-state index is 12.8. The number of alkyl halides is 3. The molecule has 6 unspecified atom stereocenters. The highest BCUT2D eigenvalue weighted by Gasteiger charge is 2.56. The first-order chi connectivity index (χ1) is 30.9. The van der Waals surface area contributed by atoms with Crippen LogP contribution in [0.3, 0.4) is 0 Å². The molecule has 0 aromatic heterocycles. The molecule has 10 rings (SSSR count). The van der Waals surface area contributed by atoms with Gasteiger partial charge in [-0.15, -0.1) is 6.58 Å². The Kier molecular flexibility index (Phi) is 24.2. The summed E-state index contributed by atoms with van der Waals surface area (Å²) >= 11 is 0. The Morgan fingerprint density at radius 1 is 0.603 bits per heavy atom. The molecule has 10 aliphatic carbocycles. The third-order valence-electron chi connectivity index (χ3n) is 17.4. The molecule has 0 spiro atoms. The minimum absolute atomic E-state index is 0.130. The maximum Gasteiger partial charge on any atom is 0.251 e. The van der Waals surface area contributed by atoms with Crippen molar-refractivity contribution in [2.75, 3.05) is 0 Å². The normalized spacial score (nSPS) is 31.4. The molecule has 402 valence electrons. The van der Waals surface area contributed by atoms with Gasteiger partial charge in [0.15, 0.2) is 0 Å². The lowest BCUT2D eigenvalue weighted by atomic mass is 9.75. The van der Waals surface area contributed by atoms with Crippen LogP contribution in [-0.4, -0.2) is 22.3 Å². The topological polar surface area (TPSA) is 20.2 Å². The van der Waals surface area contributed by atoms with Crippen molar-refractivity contribution in [1.82, 2.24) is 0 Å². The van der Waals surface area contributed by atoms with Gasteiger partial charge in [0.2, 0.25) is 0 Å². The van der Waals surface area contributed by atoms with E-state index < -0.39 is 11.6 Å². The highest BCUT2D eigenvalue weighted by molar-refractivity contribution is 5.05. The van der Waals surface area contributed by atoms with Crippen LogP contribution in [0.15, 0.2) is 24.8 Å². The summed E-state index contributed by atoms with van der Waals surface area (Å²) in [6.45, 7) is 48.6. The van der Waals surface area contributed by atoms with Crippen molar-refractivity contribution in [2.24, 2.45) is 92.2 Å². The summed E-state index contributed by atoms with van der Waals surface area (Å²) in [5, 5.41) is 9.58. The lowest BCUT2D eigenvalue weighted by molar-refractivity contribution is -0.0493. The Labute approximate surface area is 424 Å². The number of hydrogen-bond acceptors (Lipinski definition) is 1. The van der Waals surface area contributed by atoms with Crippen LogP contribution in [0.1, 0.15) is 273 Å². The molecule has 68 heavy (non-hydrogen) atoms. The Morgan fingerprint density at radius 2 is 1.04 bits per heavy atom. The second-order valence-corrected chi connectivity index (χ2v) is 29.8. The minimum atomic E-state index is -2.30. The van der Waals surface area contributed by atoms with E-state index in [1.807, 2.05) is 13.8 Å². The van der Waals surface area contributed by atoms with E-state index in [0.29, 0.717) is 35.0 Å². The lowest BCUT2D eigenvalue weighted by Gasteiger charge is -2.37. The van der Waals surface area contributed by atoms with Gasteiger partial charge >= 0.3 is 0 Å². The monoisotopic (exact) mass is 961 g/mol. The molecule has 0 heterocycles. The second-order valence-electron chi connectivity index (χ2n) is 29.8. The van der Waals surface area contributed by atoms with Crippen molar-refractivity contribution in [3.63, 3.8) is 0 Å². The molecule has 1 N–H and O–H groups in total. The molecule has 0 radical (unpaired) electrons. The number of rotatable bonds is 11. The summed E-state index contributed by atoms with van der Waals surface area (Å²) in [4.78, 5) is 0. The molecular weight excluding hydrogens is 842 g/mol. The van der Waals surface area contributed by atoms with Crippen LogP contribution in [0.4, 0.5) is 13.2 Å². The van der Waals surface area contributed by atoms with Crippen LogP contribution in [0.2, 0.25) is 0 Å². The van der Waals surface area contributed by atoms with E-state index in [1.165, 1.54) is 83.5 Å². The third kappa shape index (κ3) is 27.9. The van der Waals surface area contributed by atoms with Crippen LogP contribution in [0.25, 0.3) is 0 Å². The predicted octanol–water partition coefficient (Wildman–Crippen LogP) is 21.1. The SMILES string of the molecule is C=CC1CC1(C)C.CC(C)CC1(F)CC1.CC(C)CC1(O)CCC1.CC(C)CC1C=CCC1.CC(C)CC1CC1(F)F.CC1(C)CC1.CC1(C)CC1C1CC1.CC1CC1(C)C.CCC1CC1(C)C. The van der Waals surface area contributed by atoms with Crippen LogP contribution in [0.5, 0.6) is 0 Å². The molecule has 0 aromatic carbocycles. The van der Waals surface area contributed by atoms with Crippen molar-refractivity contribution in [2.45, 2.75) is 291 Å². The molecule has 0 bridgehead atoms. The first kappa shape index (κ1) is 63.3. The Morgan fingerprint density at radius 3 is 1.16 bits per heavy atom. The van der Waals surface area contributed by atoms with Crippen molar-refractivity contribution >= 4 is 0 Å². The van der Waals surface area contributed by atoms with E-state index in [2.05, 4.69) is 149 Å². The largest absolute Gasteiger partial charge is 0.390 e. The first-order valence-corrected chi connectivity index (χ1v) is 29.0. The van der Waals surface area contributed by atoms with Crippen molar-refractivity contribution in [1.29, 1.82) is 0 Å². The molecule has 0 aromatic rings. The number of halogens is 3. The van der Waals surface area contributed by atoms with Crippen LogP contribution >= 0.6 is 0 Å².